The summed E-state index contributed by atoms with van der Waals surface area (Å²) in [6.07, 6.45) is -4.54. The van der Waals surface area contributed by atoms with Crippen molar-refractivity contribution in [2.45, 2.75) is 12.7 Å². The van der Waals surface area contributed by atoms with E-state index >= 15 is 0 Å². The number of phenols is 1. The molecule has 1 aromatic carbocycles. The van der Waals surface area contributed by atoms with Gasteiger partial charge in [-0.2, -0.15) is 13.2 Å². The summed E-state index contributed by atoms with van der Waals surface area (Å²) in [5.74, 6) is -1.12. The quantitative estimate of drug-likeness (QED) is 0.846. The van der Waals surface area contributed by atoms with Crippen molar-refractivity contribution < 1.29 is 18.3 Å². The van der Waals surface area contributed by atoms with Gasteiger partial charge in [-0.25, -0.2) is 4.98 Å². The van der Waals surface area contributed by atoms with Crippen molar-refractivity contribution >= 4 is 11.0 Å². The second kappa shape index (κ2) is 3.92. The summed E-state index contributed by atoms with van der Waals surface area (Å²) < 4.78 is 39.2. The van der Waals surface area contributed by atoms with E-state index in [2.05, 4.69) is 4.98 Å². The lowest BCUT2D eigenvalue weighted by atomic mass is 10.3. The molecule has 2 rings (SSSR count). The van der Waals surface area contributed by atoms with Crippen molar-refractivity contribution in [3.05, 3.63) is 24.0 Å². The Labute approximate surface area is 94.5 Å². The molecule has 0 saturated heterocycles. The number of phenolic OH excluding ortho intramolecular Hbond substituents is 1. The van der Waals surface area contributed by atoms with Crippen LogP contribution in [-0.4, -0.2) is 21.2 Å². The highest BCUT2D eigenvalue weighted by molar-refractivity contribution is 5.77. The lowest BCUT2D eigenvalue weighted by Gasteiger charge is -2.09. The van der Waals surface area contributed by atoms with Crippen molar-refractivity contribution in [2.75, 3.05) is 6.54 Å². The van der Waals surface area contributed by atoms with Gasteiger partial charge in [0.05, 0.1) is 11.0 Å². The van der Waals surface area contributed by atoms with Gasteiger partial charge in [0.15, 0.2) is 0 Å². The lowest BCUT2D eigenvalue weighted by Crippen LogP contribution is -2.18. The summed E-state index contributed by atoms with van der Waals surface area (Å²) >= 11 is 0. The number of nitrogens with zero attached hydrogens (tertiary/aromatic N) is 2. The standard InChI is InChI=1S/C10H10F3N3O/c11-10(12,13)9-15-7-5-6(17)1-2-8(7)16(9)4-3-14/h1-2,5,17H,3-4,14H2. The maximum absolute atomic E-state index is 12.7. The summed E-state index contributed by atoms with van der Waals surface area (Å²) in [5, 5.41) is 9.21. The van der Waals surface area contributed by atoms with Crippen LogP contribution >= 0.6 is 0 Å². The molecule has 7 heteroatoms. The second-order valence-corrected chi connectivity index (χ2v) is 3.55. The zero-order chi connectivity index (χ0) is 12.6. The molecule has 0 aliphatic carbocycles. The van der Waals surface area contributed by atoms with E-state index in [0.717, 1.165) is 4.57 Å². The maximum Gasteiger partial charge on any atom is 0.449 e. The van der Waals surface area contributed by atoms with E-state index in [4.69, 9.17) is 5.73 Å². The number of halogens is 3. The monoisotopic (exact) mass is 245 g/mol. The van der Waals surface area contributed by atoms with Crippen LogP contribution in [0.2, 0.25) is 0 Å². The summed E-state index contributed by atoms with van der Waals surface area (Å²) in [4.78, 5) is 3.49. The van der Waals surface area contributed by atoms with Crippen LogP contribution < -0.4 is 5.73 Å². The molecule has 0 aliphatic rings. The van der Waals surface area contributed by atoms with Crippen molar-refractivity contribution in [2.24, 2.45) is 5.73 Å². The first kappa shape index (κ1) is 11.7. The predicted octanol–water partition coefficient (Wildman–Crippen LogP) is 1.72. The van der Waals surface area contributed by atoms with Gasteiger partial charge in [-0.1, -0.05) is 0 Å². The van der Waals surface area contributed by atoms with Crippen LogP contribution in [0.25, 0.3) is 11.0 Å². The number of alkyl halides is 3. The minimum atomic E-state index is -4.54. The Morgan fingerprint density at radius 3 is 2.65 bits per heavy atom. The summed E-state index contributed by atoms with van der Waals surface area (Å²) in [5.41, 5.74) is 5.70. The van der Waals surface area contributed by atoms with E-state index in [1.165, 1.54) is 18.2 Å². The van der Waals surface area contributed by atoms with Gasteiger partial charge < -0.3 is 15.4 Å². The van der Waals surface area contributed by atoms with Gasteiger partial charge in [-0.15, -0.1) is 0 Å². The molecule has 1 heterocycles. The molecule has 4 nitrogen and oxygen atoms in total. The number of fused-ring (bicyclic) bond motifs is 1. The van der Waals surface area contributed by atoms with Crippen LogP contribution in [0.3, 0.4) is 0 Å². The molecule has 0 unspecified atom stereocenters. The zero-order valence-corrected chi connectivity index (χ0v) is 8.70. The third-order valence-corrected chi connectivity index (χ3v) is 2.34. The van der Waals surface area contributed by atoms with E-state index in [-0.39, 0.29) is 24.4 Å². The Balaban J connectivity index is 2.70. The fourth-order valence-electron chi connectivity index (χ4n) is 1.69. The smallest absolute Gasteiger partial charge is 0.449 e. The molecule has 0 amide bonds. The molecule has 0 bridgehead atoms. The highest BCUT2D eigenvalue weighted by Gasteiger charge is 2.37. The van der Waals surface area contributed by atoms with Crippen LogP contribution in [0.15, 0.2) is 18.2 Å². The van der Waals surface area contributed by atoms with Gasteiger partial charge in [0.2, 0.25) is 5.82 Å². The Hall–Kier alpha value is -1.76. The number of rotatable bonds is 2. The largest absolute Gasteiger partial charge is 0.508 e. The number of imidazole rings is 1. The molecule has 1 aromatic heterocycles. The molecular formula is C10H10F3N3O. The van der Waals surface area contributed by atoms with Gasteiger partial charge >= 0.3 is 6.18 Å². The molecule has 0 atom stereocenters. The summed E-state index contributed by atoms with van der Waals surface area (Å²) in [7, 11) is 0. The van der Waals surface area contributed by atoms with Gasteiger partial charge in [-0.05, 0) is 12.1 Å². The normalized spacial score (nSPS) is 12.2. The van der Waals surface area contributed by atoms with E-state index in [9.17, 15) is 18.3 Å². The molecule has 0 radical (unpaired) electrons. The number of benzene rings is 1. The third kappa shape index (κ3) is 2.05. The highest BCUT2D eigenvalue weighted by Crippen LogP contribution is 2.32. The van der Waals surface area contributed by atoms with Gasteiger partial charge in [-0.3, -0.25) is 0 Å². The highest BCUT2D eigenvalue weighted by atomic mass is 19.4. The van der Waals surface area contributed by atoms with Crippen molar-refractivity contribution in [3.8, 4) is 5.75 Å². The fourth-order valence-corrected chi connectivity index (χ4v) is 1.69. The van der Waals surface area contributed by atoms with Crippen LogP contribution in [0, 0.1) is 0 Å². The van der Waals surface area contributed by atoms with Crippen molar-refractivity contribution in [1.82, 2.24) is 9.55 Å². The predicted molar refractivity (Wildman–Crippen MR) is 55.5 cm³/mol. The Bertz CT molecular complexity index is 547. The molecule has 0 aliphatic heterocycles. The third-order valence-electron chi connectivity index (χ3n) is 2.34. The summed E-state index contributed by atoms with van der Waals surface area (Å²) in [6, 6.07) is 3.90. The molecule has 3 N–H and O–H groups in total. The van der Waals surface area contributed by atoms with E-state index in [0.29, 0.717) is 5.52 Å². The topological polar surface area (TPSA) is 64.1 Å². The average molecular weight is 245 g/mol. The molecule has 2 aromatic rings. The molecule has 0 fully saturated rings. The SMILES string of the molecule is NCCn1c(C(F)(F)F)nc2cc(O)ccc21. The van der Waals surface area contributed by atoms with E-state index in [1.54, 1.807) is 0 Å². The molecule has 0 saturated carbocycles. The van der Waals surface area contributed by atoms with Gasteiger partial charge in [0.25, 0.3) is 0 Å². The first-order valence-electron chi connectivity index (χ1n) is 4.90. The lowest BCUT2D eigenvalue weighted by molar-refractivity contribution is -0.146. The summed E-state index contributed by atoms with van der Waals surface area (Å²) in [6.45, 7) is 0.103. The maximum atomic E-state index is 12.7. The second-order valence-electron chi connectivity index (χ2n) is 3.55. The average Bonchev–Trinajstić information content (AvgIpc) is 2.56. The van der Waals surface area contributed by atoms with Crippen LogP contribution in [-0.2, 0) is 12.7 Å². The van der Waals surface area contributed by atoms with Crippen LogP contribution in [0.5, 0.6) is 5.75 Å². The number of aromatic nitrogens is 2. The fraction of sp³-hybridized carbons (Fsp3) is 0.300. The number of aromatic hydroxyl groups is 1. The zero-order valence-electron chi connectivity index (χ0n) is 8.70. The van der Waals surface area contributed by atoms with Gasteiger partial charge in [0, 0.05) is 19.2 Å². The molecular weight excluding hydrogens is 235 g/mol. The number of nitrogens with two attached hydrogens (primary N) is 1. The number of hydrogen-bond acceptors (Lipinski definition) is 3. The van der Waals surface area contributed by atoms with Crippen LogP contribution in [0.4, 0.5) is 13.2 Å². The first-order chi connectivity index (χ1) is 7.93. The Kier molecular flexibility index (Phi) is 2.70. The Morgan fingerprint density at radius 2 is 2.06 bits per heavy atom. The molecule has 17 heavy (non-hydrogen) atoms. The molecule has 0 spiro atoms. The number of hydrogen-bond donors (Lipinski definition) is 2. The van der Waals surface area contributed by atoms with E-state index < -0.39 is 12.0 Å². The first-order valence-corrected chi connectivity index (χ1v) is 4.90. The van der Waals surface area contributed by atoms with Crippen molar-refractivity contribution in [3.63, 3.8) is 0 Å². The van der Waals surface area contributed by atoms with Crippen LogP contribution in [0.1, 0.15) is 5.82 Å². The molecule has 92 valence electrons. The Morgan fingerprint density at radius 1 is 1.35 bits per heavy atom. The minimum Gasteiger partial charge on any atom is -0.508 e. The van der Waals surface area contributed by atoms with Crippen molar-refractivity contribution in [1.29, 1.82) is 0 Å². The van der Waals surface area contributed by atoms with Gasteiger partial charge in [0.1, 0.15) is 5.75 Å². The van der Waals surface area contributed by atoms with E-state index in [1.807, 2.05) is 0 Å². The minimum absolute atomic E-state index is 0.0239.